The summed E-state index contributed by atoms with van der Waals surface area (Å²) in [6, 6.07) is 1.58. The Labute approximate surface area is 140 Å². The summed E-state index contributed by atoms with van der Waals surface area (Å²) in [5, 5.41) is 3.75. The predicted octanol–water partition coefficient (Wildman–Crippen LogP) is 6.77. The van der Waals surface area contributed by atoms with Gasteiger partial charge in [0.05, 0.1) is 0 Å². The fourth-order valence-corrected chi connectivity index (χ4v) is 3.58. The fraction of sp³-hybridized carbons (Fsp3) is 0.905. The smallest absolute Gasteiger partial charge is 0.00695 e. The van der Waals surface area contributed by atoms with Gasteiger partial charge in [0.2, 0.25) is 0 Å². The van der Waals surface area contributed by atoms with Gasteiger partial charge < -0.3 is 5.32 Å². The van der Waals surface area contributed by atoms with Crippen molar-refractivity contribution in [2.24, 2.45) is 0 Å². The largest absolute Gasteiger partial charge is 0.312 e. The lowest BCUT2D eigenvalue weighted by Gasteiger charge is -2.28. The third-order valence-electron chi connectivity index (χ3n) is 5.02. The zero-order chi connectivity index (χ0) is 15.9. The molecule has 1 nitrogen and oxygen atoms in total. The molecule has 1 heteroatoms. The molecule has 0 aromatic rings. The summed E-state index contributed by atoms with van der Waals surface area (Å²) < 4.78 is 0. The van der Waals surface area contributed by atoms with Crippen molar-refractivity contribution in [1.29, 1.82) is 0 Å². The maximum atomic E-state index is 3.75. The van der Waals surface area contributed by atoms with Crippen molar-refractivity contribution in [2.45, 2.75) is 122 Å². The van der Waals surface area contributed by atoms with Crippen LogP contribution in [0.15, 0.2) is 12.2 Å². The molecular formula is C21H41N. The topological polar surface area (TPSA) is 12.0 Å². The lowest BCUT2D eigenvalue weighted by molar-refractivity contribution is 0.314. The quantitative estimate of drug-likeness (QED) is 0.292. The molecule has 1 aliphatic rings. The van der Waals surface area contributed by atoms with Crippen molar-refractivity contribution in [2.75, 3.05) is 0 Å². The van der Waals surface area contributed by atoms with Crippen LogP contribution in [0, 0.1) is 0 Å². The minimum absolute atomic E-state index is 0.757. The first-order chi connectivity index (χ1) is 10.8. The molecule has 0 aliphatic carbocycles. The fourth-order valence-electron chi connectivity index (χ4n) is 3.58. The molecule has 130 valence electrons. The molecule has 1 N–H and O–H groups in total. The molecule has 2 unspecified atom stereocenters. The van der Waals surface area contributed by atoms with E-state index in [1.807, 2.05) is 0 Å². The normalized spacial score (nSPS) is 22.5. The molecule has 1 saturated heterocycles. The van der Waals surface area contributed by atoms with E-state index in [4.69, 9.17) is 0 Å². The van der Waals surface area contributed by atoms with Crippen LogP contribution in [0.5, 0.6) is 0 Å². The van der Waals surface area contributed by atoms with Crippen LogP contribution in [0.2, 0.25) is 0 Å². The van der Waals surface area contributed by atoms with Gasteiger partial charge in [0, 0.05) is 12.1 Å². The minimum Gasteiger partial charge on any atom is -0.312 e. The Bertz CT molecular complexity index is 259. The molecule has 1 rings (SSSR count). The van der Waals surface area contributed by atoms with E-state index < -0.39 is 0 Å². The van der Waals surface area contributed by atoms with Crippen molar-refractivity contribution in [3.63, 3.8) is 0 Å². The van der Waals surface area contributed by atoms with Crippen LogP contribution in [0.1, 0.15) is 110 Å². The van der Waals surface area contributed by atoms with Crippen molar-refractivity contribution in [3.05, 3.63) is 12.2 Å². The summed E-state index contributed by atoms with van der Waals surface area (Å²) in [7, 11) is 0. The number of hydrogen-bond acceptors (Lipinski definition) is 1. The summed E-state index contributed by atoms with van der Waals surface area (Å²) in [6.07, 6.45) is 25.7. The number of nitrogens with one attached hydrogen (secondary N) is 1. The van der Waals surface area contributed by atoms with Crippen LogP contribution in [0.4, 0.5) is 0 Å². The Morgan fingerprint density at radius 3 is 2.14 bits per heavy atom. The Hall–Kier alpha value is -0.300. The van der Waals surface area contributed by atoms with Crippen LogP contribution in [0.3, 0.4) is 0 Å². The van der Waals surface area contributed by atoms with E-state index in [9.17, 15) is 0 Å². The standard InChI is InChI=1S/C21H41N/c1-3-4-5-6-7-8-9-10-11-12-13-14-15-18-21-19-16-17-20(2)22-21/h8-9,20-22H,3-7,10-19H2,1-2H3. The van der Waals surface area contributed by atoms with Gasteiger partial charge in [-0.2, -0.15) is 0 Å². The maximum Gasteiger partial charge on any atom is 0.00695 e. The summed E-state index contributed by atoms with van der Waals surface area (Å²) in [6.45, 7) is 4.62. The van der Waals surface area contributed by atoms with E-state index in [0.29, 0.717) is 0 Å². The molecule has 0 aromatic heterocycles. The van der Waals surface area contributed by atoms with Crippen LogP contribution >= 0.6 is 0 Å². The first-order valence-corrected chi connectivity index (χ1v) is 10.2. The first-order valence-electron chi connectivity index (χ1n) is 10.2. The number of rotatable bonds is 13. The minimum atomic E-state index is 0.757. The molecule has 22 heavy (non-hydrogen) atoms. The highest BCUT2D eigenvalue weighted by atomic mass is 15.0. The van der Waals surface area contributed by atoms with Crippen molar-refractivity contribution in [3.8, 4) is 0 Å². The van der Waals surface area contributed by atoms with E-state index in [1.165, 1.54) is 96.3 Å². The lowest BCUT2D eigenvalue weighted by Crippen LogP contribution is -2.40. The molecule has 0 radical (unpaired) electrons. The summed E-state index contributed by atoms with van der Waals surface area (Å²) in [5.74, 6) is 0. The van der Waals surface area contributed by atoms with Crippen LogP contribution in [-0.2, 0) is 0 Å². The molecule has 1 fully saturated rings. The van der Waals surface area contributed by atoms with E-state index in [0.717, 1.165) is 12.1 Å². The van der Waals surface area contributed by atoms with Gasteiger partial charge >= 0.3 is 0 Å². The van der Waals surface area contributed by atoms with E-state index >= 15 is 0 Å². The average Bonchev–Trinajstić information content (AvgIpc) is 2.52. The van der Waals surface area contributed by atoms with Gasteiger partial charge in [-0.05, 0) is 51.9 Å². The van der Waals surface area contributed by atoms with Gasteiger partial charge in [0.25, 0.3) is 0 Å². The first kappa shape index (κ1) is 19.7. The van der Waals surface area contributed by atoms with Crippen molar-refractivity contribution >= 4 is 0 Å². The summed E-state index contributed by atoms with van der Waals surface area (Å²) in [4.78, 5) is 0. The SMILES string of the molecule is CCCCCCC=CCCCCCCCC1CCCC(C)N1. The highest BCUT2D eigenvalue weighted by Crippen LogP contribution is 2.17. The molecule has 0 spiro atoms. The third kappa shape index (κ3) is 11.3. The Balaban J connectivity index is 1.79. The predicted molar refractivity (Wildman–Crippen MR) is 100 cm³/mol. The monoisotopic (exact) mass is 307 g/mol. The van der Waals surface area contributed by atoms with Gasteiger partial charge in [-0.3, -0.25) is 0 Å². The van der Waals surface area contributed by atoms with Crippen LogP contribution in [0.25, 0.3) is 0 Å². The van der Waals surface area contributed by atoms with Crippen molar-refractivity contribution < 1.29 is 0 Å². The number of unbranched alkanes of at least 4 members (excludes halogenated alkanes) is 9. The van der Waals surface area contributed by atoms with Gasteiger partial charge in [0.15, 0.2) is 0 Å². The summed E-state index contributed by atoms with van der Waals surface area (Å²) >= 11 is 0. The number of allylic oxidation sites excluding steroid dienone is 2. The van der Waals surface area contributed by atoms with E-state index in [-0.39, 0.29) is 0 Å². The van der Waals surface area contributed by atoms with Crippen LogP contribution in [-0.4, -0.2) is 12.1 Å². The highest BCUT2D eigenvalue weighted by molar-refractivity contribution is 4.81. The highest BCUT2D eigenvalue weighted by Gasteiger charge is 2.16. The Morgan fingerprint density at radius 1 is 0.818 bits per heavy atom. The second kappa shape index (κ2) is 14.3. The second-order valence-corrected chi connectivity index (χ2v) is 7.36. The molecule has 0 bridgehead atoms. The molecule has 1 heterocycles. The van der Waals surface area contributed by atoms with E-state index in [1.54, 1.807) is 0 Å². The third-order valence-corrected chi connectivity index (χ3v) is 5.02. The number of piperidine rings is 1. The van der Waals surface area contributed by atoms with Gasteiger partial charge in [-0.15, -0.1) is 0 Å². The molecule has 0 saturated carbocycles. The zero-order valence-electron chi connectivity index (χ0n) is 15.4. The van der Waals surface area contributed by atoms with Gasteiger partial charge in [-0.1, -0.05) is 70.4 Å². The molecule has 1 aliphatic heterocycles. The average molecular weight is 308 g/mol. The zero-order valence-corrected chi connectivity index (χ0v) is 15.4. The molecular weight excluding hydrogens is 266 g/mol. The number of hydrogen-bond donors (Lipinski definition) is 1. The summed E-state index contributed by atoms with van der Waals surface area (Å²) in [5.41, 5.74) is 0. The lowest BCUT2D eigenvalue weighted by atomic mass is 9.95. The Kier molecular flexibility index (Phi) is 12.8. The molecule has 0 amide bonds. The van der Waals surface area contributed by atoms with Crippen molar-refractivity contribution in [1.82, 2.24) is 5.32 Å². The van der Waals surface area contributed by atoms with Gasteiger partial charge in [-0.25, -0.2) is 0 Å². The molecule has 2 atom stereocenters. The van der Waals surface area contributed by atoms with Crippen LogP contribution < -0.4 is 5.32 Å². The Morgan fingerprint density at radius 2 is 1.45 bits per heavy atom. The molecule has 0 aromatic carbocycles. The van der Waals surface area contributed by atoms with Gasteiger partial charge in [0.1, 0.15) is 0 Å². The van der Waals surface area contributed by atoms with E-state index in [2.05, 4.69) is 31.3 Å². The maximum absolute atomic E-state index is 3.75. The second-order valence-electron chi connectivity index (χ2n) is 7.36.